The minimum absolute atomic E-state index is 0. The first-order valence-corrected chi connectivity index (χ1v) is 3.58. The largest absolute Gasteiger partial charge is 0.466 e. The molecule has 0 unspecified atom stereocenters. The van der Waals surface area contributed by atoms with Crippen molar-refractivity contribution in [1.29, 1.82) is 0 Å². The van der Waals surface area contributed by atoms with Gasteiger partial charge in [-0.15, -0.1) is 12.4 Å². The highest BCUT2D eigenvalue weighted by Crippen LogP contribution is 1.95. The van der Waals surface area contributed by atoms with Gasteiger partial charge in [-0.25, -0.2) is 0 Å². The molecule has 11 heavy (non-hydrogen) atoms. The number of hydrogen-bond acceptors (Lipinski definition) is 3. The van der Waals surface area contributed by atoms with Crippen LogP contribution in [-0.4, -0.2) is 18.6 Å². The van der Waals surface area contributed by atoms with Gasteiger partial charge in [0.2, 0.25) is 0 Å². The zero-order valence-electron chi connectivity index (χ0n) is 7.00. The molecule has 0 aromatic heterocycles. The number of carbonyl (C=O) groups excluding carboxylic acids is 1. The van der Waals surface area contributed by atoms with Crippen molar-refractivity contribution in [3.8, 4) is 0 Å². The Labute approximate surface area is 73.7 Å². The number of nitrogens with two attached hydrogens (primary N) is 1. The molecular formula is C7H16ClNO2. The fraction of sp³-hybridized carbons (Fsp3) is 0.857. The third kappa shape index (κ3) is 9.72. The summed E-state index contributed by atoms with van der Waals surface area (Å²) in [7, 11) is 0. The average Bonchev–Trinajstić information content (AvgIpc) is 1.85. The van der Waals surface area contributed by atoms with E-state index >= 15 is 0 Å². The molecule has 0 saturated carbocycles. The zero-order valence-corrected chi connectivity index (χ0v) is 7.82. The van der Waals surface area contributed by atoms with Crippen LogP contribution in [0.3, 0.4) is 0 Å². The lowest BCUT2D eigenvalue weighted by molar-refractivity contribution is -0.143. The van der Waals surface area contributed by atoms with Gasteiger partial charge in [0.05, 0.1) is 6.61 Å². The summed E-state index contributed by atoms with van der Waals surface area (Å²) < 4.78 is 4.70. The molecule has 1 atom stereocenters. The fourth-order valence-corrected chi connectivity index (χ4v) is 0.579. The highest BCUT2D eigenvalue weighted by Gasteiger charge is 2.02. The first-order chi connectivity index (χ1) is 4.66. The van der Waals surface area contributed by atoms with E-state index in [1.807, 2.05) is 6.92 Å². The summed E-state index contributed by atoms with van der Waals surface area (Å²) in [5, 5.41) is 0. The summed E-state index contributed by atoms with van der Waals surface area (Å²) in [6.07, 6.45) is 1.14. The van der Waals surface area contributed by atoms with Gasteiger partial charge in [-0.3, -0.25) is 4.79 Å². The van der Waals surface area contributed by atoms with Gasteiger partial charge in [0.25, 0.3) is 0 Å². The lowest BCUT2D eigenvalue weighted by atomic mass is 10.2. The van der Waals surface area contributed by atoms with Crippen LogP contribution < -0.4 is 5.73 Å². The second-order valence-electron chi connectivity index (χ2n) is 2.32. The summed E-state index contributed by atoms with van der Waals surface area (Å²) in [6.45, 7) is 4.13. The van der Waals surface area contributed by atoms with Crippen LogP contribution in [0.5, 0.6) is 0 Å². The van der Waals surface area contributed by atoms with E-state index in [0.29, 0.717) is 19.4 Å². The fourth-order valence-electron chi connectivity index (χ4n) is 0.579. The van der Waals surface area contributed by atoms with E-state index in [9.17, 15) is 4.79 Å². The van der Waals surface area contributed by atoms with E-state index in [1.165, 1.54) is 0 Å². The van der Waals surface area contributed by atoms with Crippen LogP contribution in [-0.2, 0) is 9.53 Å². The quantitative estimate of drug-likeness (QED) is 0.661. The normalized spacial score (nSPS) is 11.5. The Morgan fingerprint density at radius 2 is 2.18 bits per heavy atom. The van der Waals surface area contributed by atoms with Crippen LogP contribution in [0, 0.1) is 0 Å². The van der Waals surface area contributed by atoms with Gasteiger partial charge in [-0.1, -0.05) is 0 Å². The monoisotopic (exact) mass is 181 g/mol. The first-order valence-electron chi connectivity index (χ1n) is 3.58. The molecule has 0 rings (SSSR count). The summed E-state index contributed by atoms with van der Waals surface area (Å²) in [4.78, 5) is 10.7. The maximum absolute atomic E-state index is 10.7. The first kappa shape index (κ1) is 13.3. The van der Waals surface area contributed by atoms with E-state index < -0.39 is 0 Å². The number of ether oxygens (including phenoxy) is 1. The predicted molar refractivity (Wildman–Crippen MR) is 46.8 cm³/mol. The molecule has 0 radical (unpaired) electrons. The Kier molecular flexibility index (Phi) is 9.47. The number of halogens is 1. The van der Waals surface area contributed by atoms with Gasteiger partial charge in [0.15, 0.2) is 0 Å². The standard InChI is InChI=1S/C7H15NO2.ClH/c1-3-10-7(9)5-4-6(2)8;/h6H,3-5,8H2,1-2H3;1H/t6-;/m1./s1. The minimum atomic E-state index is -0.153. The topological polar surface area (TPSA) is 52.3 Å². The molecule has 0 bridgehead atoms. The summed E-state index contributed by atoms with van der Waals surface area (Å²) in [6, 6.07) is 0.0874. The molecule has 0 aliphatic rings. The van der Waals surface area contributed by atoms with Gasteiger partial charge in [0, 0.05) is 12.5 Å². The maximum Gasteiger partial charge on any atom is 0.305 e. The smallest absolute Gasteiger partial charge is 0.305 e. The van der Waals surface area contributed by atoms with E-state index in [4.69, 9.17) is 10.5 Å². The second-order valence-corrected chi connectivity index (χ2v) is 2.32. The Bertz CT molecular complexity index is 107. The summed E-state index contributed by atoms with van der Waals surface area (Å²) in [5.41, 5.74) is 5.43. The van der Waals surface area contributed by atoms with Crippen molar-refractivity contribution >= 4 is 18.4 Å². The molecule has 0 saturated heterocycles. The van der Waals surface area contributed by atoms with E-state index in [2.05, 4.69) is 0 Å². The van der Waals surface area contributed by atoms with Crippen molar-refractivity contribution in [2.75, 3.05) is 6.61 Å². The molecule has 0 aliphatic carbocycles. The van der Waals surface area contributed by atoms with Crippen LogP contribution >= 0.6 is 12.4 Å². The van der Waals surface area contributed by atoms with Gasteiger partial charge in [0.1, 0.15) is 0 Å². The Hall–Kier alpha value is -0.280. The molecule has 0 spiro atoms. The van der Waals surface area contributed by atoms with Crippen LogP contribution in [0.25, 0.3) is 0 Å². The predicted octanol–water partition coefficient (Wildman–Crippen LogP) is 1.10. The molecule has 0 heterocycles. The van der Waals surface area contributed by atoms with Crippen LogP contribution in [0.15, 0.2) is 0 Å². The van der Waals surface area contributed by atoms with Crippen molar-refractivity contribution in [2.45, 2.75) is 32.7 Å². The molecule has 3 nitrogen and oxygen atoms in total. The maximum atomic E-state index is 10.7. The Balaban J connectivity index is 0. The molecule has 68 valence electrons. The number of carbonyl (C=O) groups is 1. The van der Waals surface area contributed by atoms with E-state index in [0.717, 1.165) is 0 Å². The van der Waals surface area contributed by atoms with Crippen LogP contribution in [0.2, 0.25) is 0 Å². The minimum Gasteiger partial charge on any atom is -0.466 e. The molecular weight excluding hydrogens is 166 g/mol. The van der Waals surface area contributed by atoms with Crippen LogP contribution in [0.1, 0.15) is 26.7 Å². The molecule has 0 aromatic rings. The van der Waals surface area contributed by atoms with Gasteiger partial charge in [-0.2, -0.15) is 0 Å². The van der Waals surface area contributed by atoms with Crippen molar-refractivity contribution in [3.05, 3.63) is 0 Å². The molecule has 0 aromatic carbocycles. The van der Waals surface area contributed by atoms with Crippen molar-refractivity contribution in [1.82, 2.24) is 0 Å². The van der Waals surface area contributed by atoms with Crippen LogP contribution in [0.4, 0.5) is 0 Å². The van der Waals surface area contributed by atoms with Crippen molar-refractivity contribution < 1.29 is 9.53 Å². The molecule has 0 fully saturated rings. The molecule has 0 amide bonds. The second kappa shape index (κ2) is 7.82. The third-order valence-corrected chi connectivity index (χ3v) is 1.11. The number of hydrogen-bond donors (Lipinski definition) is 1. The van der Waals surface area contributed by atoms with Crippen molar-refractivity contribution in [3.63, 3.8) is 0 Å². The Morgan fingerprint density at radius 1 is 1.64 bits per heavy atom. The van der Waals surface area contributed by atoms with E-state index in [1.54, 1.807) is 6.92 Å². The highest BCUT2D eigenvalue weighted by molar-refractivity contribution is 5.85. The molecule has 4 heteroatoms. The zero-order chi connectivity index (χ0) is 7.98. The molecule has 0 aliphatic heterocycles. The third-order valence-electron chi connectivity index (χ3n) is 1.11. The lowest BCUT2D eigenvalue weighted by Crippen LogP contribution is -2.17. The van der Waals surface area contributed by atoms with E-state index in [-0.39, 0.29) is 24.4 Å². The SMILES string of the molecule is CCOC(=O)CC[C@@H](C)N.Cl. The molecule has 2 N–H and O–H groups in total. The number of esters is 1. The lowest BCUT2D eigenvalue weighted by Gasteiger charge is -2.03. The van der Waals surface area contributed by atoms with Gasteiger partial charge >= 0.3 is 5.97 Å². The average molecular weight is 182 g/mol. The van der Waals surface area contributed by atoms with Crippen molar-refractivity contribution in [2.24, 2.45) is 5.73 Å². The Morgan fingerprint density at radius 3 is 2.55 bits per heavy atom. The number of rotatable bonds is 4. The van der Waals surface area contributed by atoms with Gasteiger partial charge < -0.3 is 10.5 Å². The van der Waals surface area contributed by atoms with Gasteiger partial charge in [-0.05, 0) is 20.3 Å². The summed E-state index contributed by atoms with van der Waals surface area (Å²) >= 11 is 0. The summed E-state index contributed by atoms with van der Waals surface area (Å²) in [5.74, 6) is -0.153. The highest BCUT2D eigenvalue weighted by atomic mass is 35.5.